The van der Waals surface area contributed by atoms with Gasteiger partial charge in [0.15, 0.2) is 24.7 Å². The van der Waals surface area contributed by atoms with E-state index in [1.807, 2.05) is 13.8 Å². The van der Waals surface area contributed by atoms with Gasteiger partial charge in [0.2, 0.25) is 0 Å². The summed E-state index contributed by atoms with van der Waals surface area (Å²) in [6.45, 7) is 7.38. The predicted molar refractivity (Wildman–Crippen MR) is 104 cm³/mol. The summed E-state index contributed by atoms with van der Waals surface area (Å²) in [5.41, 5.74) is 0.220. The highest BCUT2D eigenvalue weighted by atomic mass is 16.5. The van der Waals surface area contributed by atoms with Crippen molar-refractivity contribution in [3.05, 3.63) is 23.8 Å². The van der Waals surface area contributed by atoms with E-state index in [1.54, 1.807) is 17.9 Å². The molecule has 2 rings (SSSR count). The van der Waals surface area contributed by atoms with Gasteiger partial charge in [-0.15, -0.1) is 0 Å². The van der Waals surface area contributed by atoms with E-state index in [1.165, 1.54) is 12.1 Å². The second-order valence-corrected chi connectivity index (χ2v) is 6.67. The third kappa shape index (κ3) is 7.26. The van der Waals surface area contributed by atoms with Gasteiger partial charge in [0.1, 0.15) is 0 Å². The number of carbonyl (C=O) groups excluding carboxylic acids is 3. The molecule has 0 spiro atoms. The molecule has 2 amide bonds. The van der Waals surface area contributed by atoms with E-state index >= 15 is 0 Å². The third-order valence-electron chi connectivity index (χ3n) is 3.98. The number of benzene rings is 1. The van der Waals surface area contributed by atoms with E-state index in [0.717, 1.165) is 0 Å². The van der Waals surface area contributed by atoms with E-state index in [0.29, 0.717) is 44.4 Å². The number of nitrogens with one attached hydrogen (secondary N) is 1. The van der Waals surface area contributed by atoms with E-state index in [9.17, 15) is 14.4 Å². The van der Waals surface area contributed by atoms with Crippen molar-refractivity contribution >= 4 is 17.8 Å². The predicted octanol–water partition coefficient (Wildman–Crippen LogP) is 1.00. The van der Waals surface area contributed by atoms with Crippen LogP contribution in [0, 0.1) is 0 Å². The molecule has 0 radical (unpaired) electrons. The summed E-state index contributed by atoms with van der Waals surface area (Å²) < 4.78 is 21.4. The van der Waals surface area contributed by atoms with Crippen LogP contribution < -0.4 is 14.8 Å². The molecule has 160 valence electrons. The Morgan fingerprint density at radius 2 is 1.83 bits per heavy atom. The number of hydrogen-bond acceptors (Lipinski definition) is 7. The Morgan fingerprint density at radius 1 is 1.10 bits per heavy atom. The van der Waals surface area contributed by atoms with Crippen LogP contribution in [0.15, 0.2) is 18.2 Å². The lowest BCUT2D eigenvalue weighted by molar-refractivity contribution is -0.137. The lowest BCUT2D eigenvalue weighted by Gasteiger charge is -2.26. The molecule has 0 saturated carbocycles. The minimum absolute atomic E-state index is 0.0395. The fourth-order valence-electron chi connectivity index (χ4n) is 2.64. The van der Waals surface area contributed by atoms with Crippen LogP contribution in [-0.4, -0.2) is 74.8 Å². The number of hydrogen-bond donors (Lipinski definition) is 1. The van der Waals surface area contributed by atoms with Gasteiger partial charge in [-0.05, 0) is 39.0 Å². The lowest BCUT2D eigenvalue weighted by Crippen LogP contribution is -2.43. The van der Waals surface area contributed by atoms with Crippen LogP contribution in [-0.2, 0) is 19.1 Å². The van der Waals surface area contributed by atoms with E-state index in [2.05, 4.69) is 5.32 Å². The van der Waals surface area contributed by atoms with Crippen LogP contribution in [0.2, 0.25) is 0 Å². The standard InChI is InChI=1S/C20H28N2O7/c1-4-27-17-11-15(20(25)29-12-18(23)21-14(2)3)5-6-16(17)28-13-19(24)22-7-9-26-10-8-22/h5-6,11,14H,4,7-10,12-13H2,1-3H3,(H,21,23). The number of nitrogens with zero attached hydrogens (tertiary/aromatic N) is 1. The first-order valence-electron chi connectivity index (χ1n) is 9.62. The zero-order valence-electron chi connectivity index (χ0n) is 17.1. The van der Waals surface area contributed by atoms with Gasteiger partial charge >= 0.3 is 5.97 Å². The Morgan fingerprint density at radius 3 is 2.48 bits per heavy atom. The number of esters is 1. The van der Waals surface area contributed by atoms with Crippen molar-refractivity contribution in [2.24, 2.45) is 0 Å². The Labute approximate surface area is 170 Å². The van der Waals surface area contributed by atoms with Gasteiger partial charge in [-0.2, -0.15) is 0 Å². The second-order valence-electron chi connectivity index (χ2n) is 6.67. The second kappa shape index (κ2) is 11.3. The Kier molecular flexibility index (Phi) is 8.72. The normalized spacial score (nSPS) is 13.7. The maximum Gasteiger partial charge on any atom is 0.338 e. The molecule has 1 aromatic rings. The number of morpholine rings is 1. The van der Waals surface area contributed by atoms with E-state index in [-0.39, 0.29) is 36.6 Å². The zero-order chi connectivity index (χ0) is 21.2. The first-order chi connectivity index (χ1) is 13.9. The molecule has 1 heterocycles. The molecule has 1 aromatic carbocycles. The Hall–Kier alpha value is -2.81. The summed E-state index contributed by atoms with van der Waals surface area (Å²) in [5.74, 6) is -0.498. The van der Waals surface area contributed by atoms with Gasteiger partial charge in [0.05, 0.1) is 25.4 Å². The molecule has 0 unspecified atom stereocenters. The molecule has 9 heteroatoms. The molecule has 1 saturated heterocycles. The molecule has 0 atom stereocenters. The average molecular weight is 408 g/mol. The Bertz CT molecular complexity index is 715. The van der Waals surface area contributed by atoms with Crippen LogP contribution >= 0.6 is 0 Å². The molecule has 0 bridgehead atoms. The summed E-state index contributed by atoms with van der Waals surface area (Å²) in [6, 6.07) is 4.48. The monoisotopic (exact) mass is 408 g/mol. The van der Waals surface area contributed by atoms with Crippen molar-refractivity contribution in [3.63, 3.8) is 0 Å². The third-order valence-corrected chi connectivity index (χ3v) is 3.98. The molecule has 1 N–H and O–H groups in total. The molecule has 1 aliphatic heterocycles. The Balaban J connectivity index is 1.96. The van der Waals surface area contributed by atoms with Gasteiger partial charge in [0.25, 0.3) is 11.8 Å². The smallest absolute Gasteiger partial charge is 0.338 e. The van der Waals surface area contributed by atoms with Crippen LogP contribution in [0.4, 0.5) is 0 Å². The summed E-state index contributed by atoms with van der Waals surface area (Å²) in [7, 11) is 0. The zero-order valence-corrected chi connectivity index (χ0v) is 17.1. The summed E-state index contributed by atoms with van der Waals surface area (Å²) >= 11 is 0. The molecule has 0 aromatic heterocycles. The molecule has 1 fully saturated rings. The van der Waals surface area contributed by atoms with Crippen LogP contribution in [0.1, 0.15) is 31.1 Å². The fraction of sp³-hybridized carbons (Fsp3) is 0.550. The first-order valence-corrected chi connectivity index (χ1v) is 9.62. The van der Waals surface area contributed by atoms with E-state index in [4.69, 9.17) is 18.9 Å². The molecular formula is C20H28N2O7. The van der Waals surface area contributed by atoms with Crippen molar-refractivity contribution in [2.45, 2.75) is 26.8 Å². The summed E-state index contributed by atoms with van der Waals surface area (Å²) in [6.07, 6.45) is 0. The molecule has 29 heavy (non-hydrogen) atoms. The van der Waals surface area contributed by atoms with E-state index < -0.39 is 5.97 Å². The van der Waals surface area contributed by atoms with Gasteiger partial charge in [-0.25, -0.2) is 4.79 Å². The quantitative estimate of drug-likeness (QED) is 0.608. The highest BCUT2D eigenvalue weighted by Gasteiger charge is 2.19. The van der Waals surface area contributed by atoms with Gasteiger partial charge in [-0.3, -0.25) is 9.59 Å². The molecule has 1 aliphatic rings. The van der Waals surface area contributed by atoms with Crippen molar-refractivity contribution < 1.29 is 33.3 Å². The van der Waals surface area contributed by atoms with Gasteiger partial charge in [0, 0.05) is 19.1 Å². The van der Waals surface area contributed by atoms with Crippen LogP contribution in [0.3, 0.4) is 0 Å². The topological polar surface area (TPSA) is 103 Å². The van der Waals surface area contributed by atoms with Crippen LogP contribution in [0.25, 0.3) is 0 Å². The maximum atomic E-state index is 12.2. The highest BCUT2D eigenvalue weighted by molar-refractivity contribution is 5.92. The fourth-order valence-corrected chi connectivity index (χ4v) is 2.64. The summed E-state index contributed by atoms with van der Waals surface area (Å²) in [5, 5.41) is 2.64. The van der Waals surface area contributed by atoms with Gasteiger partial charge < -0.3 is 29.2 Å². The van der Waals surface area contributed by atoms with Crippen molar-refractivity contribution in [3.8, 4) is 11.5 Å². The largest absolute Gasteiger partial charge is 0.490 e. The summed E-state index contributed by atoms with van der Waals surface area (Å²) in [4.78, 5) is 37.7. The number of carbonyl (C=O) groups is 3. The van der Waals surface area contributed by atoms with Crippen molar-refractivity contribution in [2.75, 3.05) is 46.1 Å². The minimum atomic E-state index is -0.652. The number of rotatable bonds is 9. The minimum Gasteiger partial charge on any atom is -0.490 e. The average Bonchev–Trinajstić information content (AvgIpc) is 2.71. The number of amides is 2. The van der Waals surface area contributed by atoms with Gasteiger partial charge in [-0.1, -0.05) is 0 Å². The molecular weight excluding hydrogens is 380 g/mol. The maximum absolute atomic E-state index is 12.2. The lowest BCUT2D eigenvalue weighted by atomic mass is 10.2. The highest BCUT2D eigenvalue weighted by Crippen LogP contribution is 2.29. The first kappa shape index (κ1) is 22.5. The van der Waals surface area contributed by atoms with Crippen LogP contribution in [0.5, 0.6) is 11.5 Å². The molecule has 9 nitrogen and oxygen atoms in total. The molecule has 0 aliphatic carbocycles. The number of ether oxygens (including phenoxy) is 4. The SMILES string of the molecule is CCOc1cc(C(=O)OCC(=O)NC(C)C)ccc1OCC(=O)N1CCOCC1. The van der Waals surface area contributed by atoms with Crippen molar-refractivity contribution in [1.82, 2.24) is 10.2 Å². The van der Waals surface area contributed by atoms with Crippen molar-refractivity contribution in [1.29, 1.82) is 0 Å².